The average molecular weight is 246 g/mol. The third-order valence-electron chi connectivity index (χ3n) is 2.92. The zero-order valence-electron chi connectivity index (χ0n) is 11.1. The first-order valence-corrected chi connectivity index (χ1v) is 5.94. The summed E-state index contributed by atoms with van der Waals surface area (Å²) in [6, 6.07) is 1.89. The summed E-state index contributed by atoms with van der Waals surface area (Å²) in [6.07, 6.45) is 1.63. The summed E-state index contributed by atoms with van der Waals surface area (Å²) in [4.78, 5) is 8.94. The maximum absolute atomic E-state index is 5.55. The molecule has 0 spiro atoms. The first kappa shape index (κ1) is 12.6. The molecular formula is C13H18N4O. The average Bonchev–Trinajstić information content (AvgIpc) is 2.73. The van der Waals surface area contributed by atoms with Gasteiger partial charge in [0, 0.05) is 11.3 Å². The number of hydrazine groups is 1. The Kier molecular flexibility index (Phi) is 3.34. The van der Waals surface area contributed by atoms with Gasteiger partial charge in [0.25, 0.3) is 0 Å². The third-order valence-corrected chi connectivity index (χ3v) is 2.92. The van der Waals surface area contributed by atoms with Crippen molar-refractivity contribution in [3.8, 4) is 11.6 Å². The molecule has 0 bridgehead atoms. The predicted octanol–water partition coefficient (Wildman–Crippen LogP) is 2.76. The van der Waals surface area contributed by atoms with Gasteiger partial charge in [-0.1, -0.05) is 13.8 Å². The Morgan fingerprint density at radius 1 is 1.28 bits per heavy atom. The molecule has 0 aliphatic rings. The van der Waals surface area contributed by atoms with Crippen LogP contribution >= 0.6 is 0 Å². The second-order valence-corrected chi connectivity index (χ2v) is 4.63. The first-order chi connectivity index (χ1) is 8.54. The Balaban J connectivity index is 2.60. The van der Waals surface area contributed by atoms with Crippen LogP contribution in [0.5, 0.6) is 0 Å². The lowest BCUT2D eigenvalue weighted by Crippen LogP contribution is -2.14. The Labute approximate surface area is 106 Å². The highest BCUT2D eigenvalue weighted by molar-refractivity contribution is 5.58. The summed E-state index contributed by atoms with van der Waals surface area (Å²) < 4.78 is 5.41. The van der Waals surface area contributed by atoms with E-state index in [1.54, 1.807) is 6.26 Å². The second-order valence-electron chi connectivity index (χ2n) is 4.63. The van der Waals surface area contributed by atoms with Crippen LogP contribution < -0.4 is 11.3 Å². The summed E-state index contributed by atoms with van der Waals surface area (Å²) in [7, 11) is 0. The SMILES string of the molecule is Cc1ccoc1-c1nc(C)c(C(C)C)c(NN)n1. The van der Waals surface area contributed by atoms with Gasteiger partial charge in [0.05, 0.1) is 6.26 Å². The zero-order valence-corrected chi connectivity index (χ0v) is 11.1. The van der Waals surface area contributed by atoms with Crippen LogP contribution in [0.3, 0.4) is 0 Å². The van der Waals surface area contributed by atoms with E-state index in [1.165, 1.54) is 0 Å². The number of hydrogen-bond donors (Lipinski definition) is 2. The molecule has 2 aromatic heterocycles. The molecule has 2 aromatic rings. The quantitative estimate of drug-likeness (QED) is 0.643. The van der Waals surface area contributed by atoms with E-state index in [-0.39, 0.29) is 0 Å². The number of nitrogen functional groups attached to an aromatic ring is 1. The molecule has 3 N–H and O–H groups in total. The van der Waals surface area contributed by atoms with Crippen LogP contribution in [0.4, 0.5) is 5.82 Å². The minimum Gasteiger partial charge on any atom is -0.461 e. The normalized spacial score (nSPS) is 11.0. The second kappa shape index (κ2) is 4.78. The van der Waals surface area contributed by atoms with Crippen molar-refractivity contribution >= 4 is 5.82 Å². The Hall–Kier alpha value is -1.88. The van der Waals surface area contributed by atoms with Crippen LogP contribution in [0.1, 0.15) is 36.6 Å². The van der Waals surface area contributed by atoms with Gasteiger partial charge in [-0.3, -0.25) is 0 Å². The molecule has 0 atom stereocenters. The van der Waals surface area contributed by atoms with E-state index in [1.807, 2.05) is 19.9 Å². The van der Waals surface area contributed by atoms with E-state index in [0.717, 1.165) is 16.8 Å². The molecule has 0 fully saturated rings. The van der Waals surface area contributed by atoms with Gasteiger partial charge in [-0.05, 0) is 31.4 Å². The van der Waals surface area contributed by atoms with Gasteiger partial charge >= 0.3 is 0 Å². The van der Waals surface area contributed by atoms with Crippen molar-refractivity contribution in [2.75, 3.05) is 5.43 Å². The summed E-state index contributed by atoms with van der Waals surface area (Å²) >= 11 is 0. The number of rotatable bonds is 3. The summed E-state index contributed by atoms with van der Waals surface area (Å²) in [5.41, 5.74) is 5.60. The maximum Gasteiger partial charge on any atom is 0.198 e. The van der Waals surface area contributed by atoms with E-state index in [4.69, 9.17) is 10.3 Å². The van der Waals surface area contributed by atoms with Crippen molar-refractivity contribution in [2.45, 2.75) is 33.6 Å². The van der Waals surface area contributed by atoms with Gasteiger partial charge in [-0.25, -0.2) is 15.8 Å². The lowest BCUT2D eigenvalue weighted by molar-refractivity contribution is 0.575. The predicted molar refractivity (Wildman–Crippen MR) is 71.1 cm³/mol. The molecule has 18 heavy (non-hydrogen) atoms. The Morgan fingerprint density at radius 3 is 2.50 bits per heavy atom. The minimum absolute atomic E-state index is 0.308. The molecule has 5 heteroatoms. The molecule has 0 amide bonds. The van der Waals surface area contributed by atoms with Gasteiger partial charge in [0.2, 0.25) is 0 Å². The molecule has 0 aromatic carbocycles. The van der Waals surface area contributed by atoms with Crippen LogP contribution in [0.15, 0.2) is 16.7 Å². The fourth-order valence-corrected chi connectivity index (χ4v) is 2.09. The lowest BCUT2D eigenvalue weighted by Gasteiger charge is -2.14. The van der Waals surface area contributed by atoms with Gasteiger partial charge in [0.15, 0.2) is 11.6 Å². The Bertz CT molecular complexity index is 560. The molecule has 0 unspecified atom stereocenters. The van der Waals surface area contributed by atoms with Crippen LogP contribution in [0.2, 0.25) is 0 Å². The van der Waals surface area contributed by atoms with Crippen molar-refractivity contribution < 1.29 is 4.42 Å². The molecule has 0 saturated carbocycles. The molecule has 0 aliphatic carbocycles. The molecule has 0 saturated heterocycles. The number of nitrogens with two attached hydrogens (primary N) is 1. The van der Waals surface area contributed by atoms with E-state index in [0.29, 0.717) is 23.3 Å². The monoisotopic (exact) mass is 246 g/mol. The summed E-state index contributed by atoms with van der Waals surface area (Å²) in [6.45, 7) is 8.09. The molecule has 2 rings (SSSR count). The Morgan fingerprint density at radius 2 is 2.00 bits per heavy atom. The van der Waals surface area contributed by atoms with Crippen LogP contribution in [-0.4, -0.2) is 9.97 Å². The van der Waals surface area contributed by atoms with E-state index in [2.05, 4.69) is 29.2 Å². The van der Waals surface area contributed by atoms with Crippen molar-refractivity contribution in [3.63, 3.8) is 0 Å². The van der Waals surface area contributed by atoms with Crippen molar-refractivity contribution in [2.24, 2.45) is 5.84 Å². The topological polar surface area (TPSA) is 77.0 Å². The molecule has 96 valence electrons. The van der Waals surface area contributed by atoms with Crippen molar-refractivity contribution in [1.29, 1.82) is 0 Å². The standard InChI is InChI=1S/C13H18N4O/c1-7(2)10-9(4)15-13(16-12(10)17-14)11-8(3)5-6-18-11/h5-7H,14H2,1-4H3,(H,15,16,17). The third kappa shape index (κ3) is 2.09. The van der Waals surface area contributed by atoms with E-state index < -0.39 is 0 Å². The lowest BCUT2D eigenvalue weighted by atomic mass is 10.0. The minimum atomic E-state index is 0.308. The number of aryl methyl sites for hydroxylation is 2. The van der Waals surface area contributed by atoms with Crippen LogP contribution in [-0.2, 0) is 0 Å². The molecule has 5 nitrogen and oxygen atoms in total. The highest BCUT2D eigenvalue weighted by atomic mass is 16.3. The summed E-state index contributed by atoms with van der Waals surface area (Å²) in [5.74, 6) is 7.76. The number of aromatic nitrogens is 2. The molecular weight excluding hydrogens is 228 g/mol. The van der Waals surface area contributed by atoms with Crippen molar-refractivity contribution in [1.82, 2.24) is 9.97 Å². The number of nitrogens with one attached hydrogen (secondary N) is 1. The van der Waals surface area contributed by atoms with Crippen LogP contribution in [0.25, 0.3) is 11.6 Å². The smallest absolute Gasteiger partial charge is 0.198 e. The first-order valence-electron chi connectivity index (χ1n) is 5.94. The van der Waals surface area contributed by atoms with Crippen LogP contribution in [0, 0.1) is 13.8 Å². The highest BCUT2D eigenvalue weighted by Gasteiger charge is 2.17. The zero-order chi connectivity index (χ0) is 13.3. The molecule has 0 aliphatic heterocycles. The van der Waals surface area contributed by atoms with E-state index in [9.17, 15) is 0 Å². The maximum atomic E-state index is 5.55. The largest absolute Gasteiger partial charge is 0.461 e. The fraction of sp³-hybridized carbons (Fsp3) is 0.385. The van der Waals surface area contributed by atoms with Gasteiger partial charge in [-0.15, -0.1) is 0 Å². The van der Waals surface area contributed by atoms with Gasteiger partial charge in [-0.2, -0.15) is 0 Å². The fourth-order valence-electron chi connectivity index (χ4n) is 2.09. The van der Waals surface area contributed by atoms with Gasteiger partial charge < -0.3 is 9.84 Å². The van der Waals surface area contributed by atoms with E-state index >= 15 is 0 Å². The number of anilines is 1. The van der Waals surface area contributed by atoms with Gasteiger partial charge in [0.1, 0.15) is 5.82 Å². The number of hydrogen-bond acceptors (Lipinski definition) is 5. The molecule has 0 radical (unpaired) electrons. The van der Waals surface area contributed by atoms with Crippen molar-refractivity contribution in [3.05, 3.63) is 29.2 Å². The highest BCUT2D eigenvalue weighted by Crippen LogP contribution is 2.28. The number of furan rings is 1. The number of nitrogens with zero attached hydrogens (tertiary/aromatic N) is 2. The summed E-state index contributed by atoms with van der Waals surface area (Å²) in [5, 5.41) is 0. The molecule has 2 heterocycles.